The highest BCUT2D eigenvalue weighted by atomic mass is 35.5. The molecule has 1 aliphatic rings. The molecule has 0 aromatic heterocycles. The monoisotopic (exact) mass is 197 g/mol. The smallest absolute Gasteiger partial charge is 0.259 e. The largest absolute Gasteiger partial charge is 0.288 e. The highest BCUT2D eigenvalue weighted by Crippen LogP contribution is 2.18. The van der Waals surface area contributed by atoms with Crippen molar-refractivity contribution >= 4 is 24.2 Å². The van der Waals surface area contributed by atoms with Crippen molar-refractivity contribution < 1.29 is 9.59 Å². The molecule has 4 heteroatoms. The maximum absolute atomic E-state index is 11.2. The molecule has 1 heterocycles. The molecule has 2 rings (SSSR count). The molecule has 2 amide bonds. The third kappa shape index (κ3) is 1.31. The zero-order valence-corrected chi connectivity index (χ0v) is 7.77. The summed E-state index contributed by atoms with van der Waals surface area (Å²) >= 11 is 0. The maximum atomic E-state index is 11.2. The number of carbonyl (C=O) groups excluding carboxylic acids is 2. The second-order valence-corrected chi connectivity index (χ2v) is 2.78. The molecule has 1 aromatic carbocycles. The molecule has 1 aromatic rings. The fraction of sp³-hybridized carbons (Fsp3) is 0.111. The fourth-order valence-corrected chi connectivity index (χ4v) is 1.39. The maximum Gasteiger partial charge on any atom is 0.259 e. The molecule has 0 spiro atoms. The summed E-state index contributed by atoms with van der Waals surface area (Å²) in [5.74, 6) is -0.577. The topological polar surface area (TPSA) is 46.2 Å². The van der Waals surface area contributed by atoms with Gasteiger partial charge in [0.2, 0.25) is 0 Å². The SMILES string of the molecule is Cc1cccc2c1C(=O)NC2=O.Cl. The quantitative estimate of drug-likeness (QED) is 0.638. The minimum Gasteiger partial charge on any atom is -0.288 e. The van der Waals surface area contributed by atoms with Crippen LogP contribution in [0.4, 0.5) is 0 Å². The number of fused-ring (bicyclic) bond motifs is 1. The van der Waals surface area contributed by atoms with E-state index in [1.165, 1.54) is 0 Å². The average Bonchev–Trinajstić information content (AvgIpc) is 2.29. The summed E-state index contributed by atoms with van der Waals surface area (Å²) in [4.78, 5) is 22.3. The van der Waals surface area contributed by atoms with Gasteiger partial charge in [0.1, 0.15) is 0 Å². The van der Waals surface area contributed by atoms with Gasteiger partial charge in [-0.2, -0.15) is 0 Å². The molecule has 0 saturated heterocycles. The van der Waals surface area contributed by atoms with Gasteiger partial charge in [-0.1, -0.05) is 12.1 Å². The summed E-state index contributed by atoms with van der Waals surface area (Å²) in [6, 6.07) is 5.24. The second kappa shape index (κ2) is 3.18. The van der Waals surface area contributed by atoms with E-state index < -0.39 is 0 Å². The molecule has 0 bridgehead atoms. The van der Waals surface area contributed by atoms with Crippen molar-refractivity contribution in [1.82, 2.24) is 5.32 Å². The summed E-state index contributed by atoms with van der Waals surface area (Å²) in [6.07, 6.45) is 0. The molecule has 0 radical (unpaired) electrons. The highest BCUT2D eigenvalue weighted by molar-refractivity contribution is 6.22. The fourth-order valence-electron chi connectivity index (χ4n) is 1.39. The molecule has 0 aliphatic carbocycles. The summed E-state index contributed by atoms with van der Waals surface area (Å²) in [5.41, 5.74) is 1.85. The van der Waals surface area contributed by atoms with Crippen LogP contribution in [0.5, 0.6) is 0 Å². The number of halogens is 1. The highest BCUT2D eigenvalue weighted by Gasteiger charge is 2.27. The number of benzene rings is 1. The van der Waals surface area contributed by atoms with Gasteiger partial charge in [-0.3, -0.25) is 14.9 Å². The van der Waals surface area contributed by atoms with Crippen molar-refractivity contribution in [3.63, 3.8) is 0 Å². The van der Waals surface area contributed by atoms with Crippen molar-refractivity contribution in [2.75, 3.05) is 0 Å². The Hall–Kier alpha value is -1.35. The van der Waals surface area contributed by atoms with E-state index in [0.29, 0.717) is 11.1 Å². The number of rotatable bonds is 0. The Kier molecular flexibility index (Phi) is 2.38. The van der Waals surface area contributed by atoms with Crippen molar-refractivity contribution in [3.05, 3.63) is 34.9 Å². The lowest BCUT2D eigenvalue weighted by molar-refractivity contribution is 0.0879. The average molecular weight is 198 g/mol. The third-order valence-corrected chi connectivity index (χ3v) is 1.97. The van der Waals surface area contributed by atoms with Crippen LogP contribution in [-0.2, 0) is 0 Å². The number of hydrogen-bond acceptors (Lipinski definition) is 2. The lowest BCUT2D eigenvalue weighted by atomic mass is 10.0. The normalized spacial score (nSPS) is 13.3. The first-order valence-electron chi connectivity index (χ1n) is 3.65. The van der Waals surface area contributed by atoms with Crippen LogP contribution in [0.25, 0.3) is 0 Å². The summed E-state index contributed by atoms with van der Waals surface area (Å²) in [5, 5.41) is 2.25. The van der Waals surface area contributed by atoms with E-state index in [1.807, 2.05) is 13.0 Å². The van der Waals surface area contributed by atoms with Crippen LogP contribution in [0.1, 0.15) is 26.3 Å². The molecule has 68 valence electrons. The Balaban J connectivity index is 0.000000845. The van der Waals surface area contributed by atoms with Crippen LogP contribution in [0.2, 0.25) is 0 Å². The Morgan fingerprint density at radius 1 is 1.15 bits per heavy atom. The van der Waals surface area contributed by atoms with Gasteiger partial charge in [0.05, 0.1) is 11.1 Å². The number of nitrogens with one attached hydrogen (secondary N) is 1. The van der Waals surface area contributed by atoms with Gasteiger partial charge in [-0.15, -0.1) is 12.4 Å². The number of aryl methyl sites for hydroxylation is 1. The predicted octanol–water partition coefficient (Wildman–Crippen LogP) is 1.30. The van der Waals surface area contributed by atoms with Crippen LogP contribution in [0.3, 0.4) is 0 Å². The molecule has 0 fully saturated rings. The Morgan fingerprint density at radius 3 is 2.46 bits per heavy atom. The first kappa shape index (κ1) is 9.74. The number of carbonyl (C=O) groups is 2. The van der Waals surface area contributed by atoms with E-state index in [4.69, 9.17) is 0 Å². The van der Waals surface area contributed by atoms with Crippen LogP contribution < -0.4 is 5.32 Å². The van der Waals surface area contributed by atoms with E-state index in [1.54, 1.807) is 12.1 Å². The molecular weight excluding hydrogens is 190 g/mol. The zero-order valence-electron chi connectivity index (χ0n) is 6.96. The van der Waals surface area contributed by atoms with E-state index in [9.17, 15) is 9.59 Å². The second-order valence-electron chi connectivity index (χ2n) is 2.78. The minimum atomic E-state index is -0.293. The van der Waals surface area contributed by atoms with Gasteiger partial charge in [0.25, 0.3) is 11.8 Å². The summed E-state index contributed by atoms with van der Waals surface area (Å²) in [6.45, 7) is 1.82. The van der Waals surface area contributed by atoms with Gasteiger partial charge in [-0.05, 0) is 18.6 Å². The first-order chi connectivity index (χ1) is 5.70. The van der Waals surface area contributed by atoms with Crippen molar-refractivity contribution in [1.29, 1.82) is 0 Å². The van der Waals surface area contributed by atoms with Crippen LogP contribution in [0, 0.1) is 6.92 Å². The first-order valence-corrected chi connectivity index (χ1v) is 3.65. The van der Waals surface area contributed by atoms with Gasteiger partial charge in [0.15, 0.2) is 0 Å². The zero-order chi connectivity index (χ0) is 8.72. The Bertz CT molecular complexity index is 387. The van der Waals surface area contributed by atoms with Gasteiger partial charge in [0, 0.05) is 0 Å². The number of amides is 2. The third-order valence-electron chi connectivity index (χ3n) is 1.97. The molecule has 13 heavy (non-hydrogen) atoms. The van der Waals surface area contributed by atoms with Crippen molar-refractivity contribution in [2.45, 2.75) is 6.92 Å². The molecular formula is C9H8ClNO2. The van der Waals surface area contributed by atoms with Gasteiger partial charge >= 0.3 is 0 Å². The van der Waals surface area contributed by atoms with Crippen LogP contribution in [-0.4, -0.2) is 11.8 Å². The van der Waals surface area contributed by atoms with Crippen molar-refractivity contribution in [2.24, 2.45) is 0 Å². The molecule has 0 saturated carbocycles. The molecule has 1 N–H and O–H groups in total. The lowest BCUT2D eigenvalue weighted by Gasteiger charge is -1.96. The Morgan fingerprint density at radius 2 is 1.85 bits per heavy atom. The summed E-state index contributed by atoms with van der Waals surface area (Å²) in [7, 11) is 0. The molecule has 3 nitrogen and oxygen atoms in total. The molecule has 1 aliphatic heterocycles. The van der Waals surface area contributed by atoms with Crippen LogP contribution in [0.15, 0.2) is 18.2 Å². The van der Waals surface area contributed by atoms with E-state index in [0.717, 1.165) is 5.56 Å². The van der Waals surface area contributed by atoms with E-state index in [2.05, 4.69) is 5.32 Å². The predicted molar refractivity (Wildman–Crippen MR) is 50.2 cm³/mol. The molecule has 0 atom stereocenters. The minimum absolute atomic E-state index is 0. The van der Waals surface area contributed by atoms with Crippen LogP contribution >= 0.6 is 12.4 Å². The lowest BCUT2D eigenvalue weighted by Crippen LogP contribution is -2.20. The standard InChI is InChI=1S/C9H7NO2.ClH/c1-5-3-2-4-6-7(5)9(12)10-8(6)11;/h2-4H,1H3,(H,10,11,12);1H. The van der Waals surface area contributed by atoms with Crippen molar-refractivity contribution in [3.8, 4) is 0 Å². The molecule has 0 unspecified atom stereocenters. The van der Waals surface area contributed by atoms with Gasteiger partial charge < -0.3 is 0 Å². The summed E-state index contributed by atoms with van der Waals surface area (Å²) < 4.78 is 0. The van der Waals surface area contributed by atoms with Gasteiger partial charge in [-0.25, -0.2) is 0 Å². The number of hydrogen-bond donors (Lipinski definition) is 1. The Labute approximate surface area is 81.5 Å². The van der Waals surface area contributed by atoms with E-state index >= 15 is 0 Å². The van der Waals surface area contributed by atoms with E-state index in [-0.39, 0.29) is 24.2 Å². The number of imide groups is 1.